The number of rotatable bonds is 4. The first-order valence-corrected chi connectivity index (χ1v) is 5.05. The van der Waals surface area contributed by atoms with E-state index in [9.17, 15) is 9.18 Å². The van der Waals surface area contributed by atoms with Gasteiger partial charge in [-0.25, -0.2) is 4.39 Å². The van der Waals surface area contributed by atoms with Crippen molar-refractivity contribution in [3.63, 3.8) is 0 Å². The van der Waals surface area contributed by atoms with Crippen LogP contribution in [0, 0.1) is 5.82 Å². The van der Waals surface area contributed by atoms with E-state index in [0.717, 1.165) is 0 Å². The lowest BCUT2D eigenvalue weighted by Crippen LogP contribution is -2.11. The first-order valence-electron chi connectivity index (χ1n) is 5.05. The van der Waals surface area contributed by atoms with Crippen LogP contribution < -0.4 is 4.74 Å². The zero-order chi connectivity index (χ0) is 12.1. The molecular weight excluding hydrogens is 211 g/mol. The Morgan fingerprint density at radius 1 is 1.44 bits per heavy atom. The first-order chi connectivity index (χ1) is 7.52. The van der Waals surface area contributed by atoms with Crippen molar-refractivity contribution in [2.24, 2.45) is 0 Å². The molecular formula is C12H15FO3. The van der Waals surface area contributed by atoms with Gasteiger partial charge in [0.05, 0.1) is 19.6 Å². The summed E-state index contributed by atoms with van der Waals surface area (Å²) in [6.07, 6.45) is -0.0158. The molecule has 3 nitrogen and oxygen atoms in total. The third-order valence-corrected chi connectivity index (χ3v) is 1.95. The second kappa shape index (κ2) is 5.49. The third-order valence-electron chi connectivity index (χ3n) is 1.95. The maximum absolute atomic E-state index is 13.0. The lowest BCUT2D eigenvalue weighted by Gasteiger charge is -2.13. The van der Waals surface area contributed by atoms with Crippen LogP contribution in [0.2, 0.25) is 0 Å². The summed E-state index contributed by atoms with van der Waals surface area (Å²) >= 11 is 0. The summed E-state index contributed by atoms with van der Waals surface area (Å²) in [7, 11) is 1.30. The van der Waals surface area contributed by atoms with E-state index in [1.807, 2.05) is 13.8 Å². The van der Waals surface area contributed by atoms with Gasteiger partial charge in [-0.05, 0) is 32.0 Å². The maximum Gasteiger partial charge on any atom is 0.310 e. The Kier molecular flexibility index (Phi) is 4.28. The summed E-state index contributed by atoms with van der Waals surface area (Å²) in [4.78, 5) is 11.1. The molecule has 1 aromatic carbocycles. The molecule has 0 N–H and O–H groups in total. The summed E-state index contributed by atoms with van der Waals surface area (Å²) in [5, 5.41) is 0. The number of halogens is 1. The highest BCUT2D eigenvalue weighted by Gasteiger charge is 2.11. The molecule has 1 rings (SSSR count). The van der Waals surface area contributed by atoms with Crippen molar-refractivity contribution in [2.45, 2.75) is 26.4 Å². The summed E-state index contributed by atoms with van der Waals surface area (Å²) in [6, 6.07) is 4.11. The van der Waals surface area contributed by atoms with Crippen LogP contribution in [-0.2, 0) is 16.0 Å². The summed E-state index contributed by atoms with van der Waals surface area (Å²) < 4.78 is 23.0. The number of hydrogen-bond acceptors (Lipinski definition) is 3. The Morgan fingerprint density at radius 2 is 2.12 bits per heavy atom. The molecule has 0 amide bonds. The van der Waals surface area contributed by atoms with E-state index in [1.54, 1.807) is 0 Å². The average Bonchev–Trinajstić information content (AvgIpc) is 2.21. The Morgan fingerprint density at radius 3 is 2.69 bits per heavy atom. The molecule has 88 valence electrons. The highest BCUT2D eigenvalue weighted by Crippen LogP contribution is 2.21. The van der Waals surface area contributed by atoms with Gasteiger partial charge in [-0.1, -0.05) is 0 Å². The molecule has 4 heteroatoms. The molecule has 0 aliphatic rings. The van der Waals surface area contributed by atoms with Crippen molar-refractivity contribution in [1.82, 2.24) is 0 Å². The highest BCUT2D eigenvalue weighted by molar-refractivity contribution is 5.73. The topological polar surface area (TPSA) is 35.5 Å². The van der Waals surface area contributed by atoms with Gasteiger partial charge in [0.2, 0.25) is 0 Å². The Hall–Kier alpha value is -1.58. The van der Waals surface area contributed by atoms with E-state index in [2.05, 4.69) is 4.74 Å². The van der Waals surface area contributed by atoms with Gasteiger partial charge >= 0.3 is 5.97 Å². The molecule has 0 bridgehead atoms. The van der Waals surface area contributed by atoms with Gasteiger partial charge < -0.3 is 9.47 Å². The van der Waals surface area contributed by atoms with Gasteiger partial charge in [0.15, 0.2) is 0 Å². The molecule has 1 aromatic rings. The number of hydrogen-bond donors (Lipinski definition) is 0. The molecule has 0 atom stereocenters. The zero-order valence-corrected chi connectivity index (χ0v) is 9.62. The van der Waals surface area contributed by atoms with Crippen LogP contribution in [0.15, 0.2) is 18.2 Å². The number of benzene rings is 1. The van der Waals surface area contributed by atoms with E-state index in [0.29, 0.717) is 11.3 Å². The monoisotopic (exact) mass is 226 g/mol. The van der Waals surface area contributed by atoms with Gasteiger partial charge in [0.25, 0.3) is 0 Å². The predicted octanol–water partition coefficient (Wildman–Crippen LogP) is 2.33. The van der Waals surface area contributed by atoms with Gasteiger partial charge in [0, 0.05) is 5.56 Å². The SMILES string of the molecule is COC(=O)Cc1cc(F)ccc1OC(C)C. The Bertz CT molecular complexity index is 375. The largest absolute Gasteiger partial charge is 0.491 e. The molecule has 0 aromatic heterocycles. The average molecular weight is 226 g/mol. The highest BCUT2D eigenvalue weighted by atomic mass is 19.1. The molecule has 0 radical (unpaired) electrons. The maximum atomic E-state index is 13.0. The molecule has 0 saturated carbocycles. The predicted molar refractivity (Wildman–Crippen MR) is 57.9 cm³/mol. The van der Waals surface area contributed by atoms with Crippen LogP contribution in [0.25, 0.3) is 0 Å². The fourth-order valence-corrected chi connectivity index (χ4v) is 1.28. The Balaban J connectivity index is 2.93. The van der Waals surface area contributed by atoms with Crippen molar-refractivity contribution in [3.8, 4) is 5.75 Å². The molecule has 0 spiro atoms. The van der Waals surface area contributed by atoms with Crippen LogP contribution in [0.5, 0.6) is 5.75 Å². The summed E-state index contributed by atoms with van der Waals surface area (Å²) in [5.41, 5.74) is 0.501. The lowest BCUT2D eigenvalue weighted by atomic mass is 10.1. The zero-order valence-electron chi connectivity index (χ0n) is 9.62. The van der Waals surface area contributed by atoms with Crippen LogP contribution >= 0.6 is 0 Å². The first kappa shape index (κ1) is 12.5. The van der Waals surface area contributed by atoms with Crippen LogP contribution in [0.3, 0.4) is 0 Å². The molecule has 0 aliphatic heterocycles. The van der Waals surface area contributed by atoms with Crippen molar-refractivity contribution in [2.75, 3.05) is 7.11 Å². The Labute approximate surface area is 94.2 Å². The second-order valence-corrected chi connectivity index (χ2v) is 3.67. The minimum Gasteiger partial charge on any atom is -0.491 e. The number of methoxy groups -OCH3 is 1. The van der Waals surface area contributed by atoms with Gasteiger partial charge in [-0.15, -0.1) is 0 Å². The van der Waals surface area contributed by atoms with E-state index in [1.165, 1.54) is 25.3 Å². The molecule has 0 fully saturated rings. The quantitative estimate of drug-likeness (QED) is 0.739. The van der Waals surface area contributed by atoms with Crippen molar-refractivity contribution >= 4 is 5.97 Å². The van der Waals surface area contributed by atoms with Crippen LogP contribution in [0.1, 0.15) is 19.4 Å². The molecule has 0 saturated heterocycles. The summed E-state index contributed by atoms with van der Waals surface area (Å²) in [5.74, 6) is -0.295. The van der Waals surface area contributed by atoms with Gasteiger partial charge in [-0.2, -0.15) is 0 Å². The molecule has 0 unspecified atom stereocenters. The lowest BCUT2D eigenvalue weighted by molar-refractivity contribution is -0.139. The second-order valence-electron chi connectivity index (χ2n) is 3.67. The fourth-order valence-electron chi connectivity index (χ4n) is 1.28. The minimum atomic E-state index is -0.417. The van der Waals surface area contributed by atoms with E-state index in [-0.39, 0.29) is 12.5 Å². The van der Waals surface area contributed by atoms with Crippen molar-refractivity contribution < 1.29 is 18.7 Å². The van der Waals surface area contributed by atoms with Gasteiger partial charge in [0.1, 0.15) is 11.6 Å². The van der Waals surface area contributed by atoms with Crippen LogP contribution in [-0.4, -0.2) is 19.2 Å². The fraction of sp³-hybridized carbons (Fsp3) is 0.417. The minimum absolute atomic E-state index is 0.0102. The standard InChI is InChI=1S/C12H15FO3/c1-8(2)16-11-5-4-10(13)6-9(11)7-12(14)15-3/h4-6,8H,7H2,1-3H3. The smallest absolute Gasteiger partial charge is 0.310 e. The number of carbonyl (C=O) groups excluding carboxylic acids is 1. The van der Waals surface area contributed by atoms with E-state index >= 15 is 0 Å². The van der Waals surface area contributed by atoms with Crippen LogP contribution in [0.4, 0.5) is 4.39 Å². The summed E-state index contributed by atoms with van der Waals surface area (Å²) in [6.45, 7) is 3.73. The normalized spacial score (nSPS) is 10.3. The van der Waals surface area contributed by atoms with E-state index in [4.69, 9.17) is 4.74 Å². The molecule has 0 aliphatic carbocycles. The van der Waals surface area contributed by atoms with Crippen molar-refractivity contribution in [3.05, 3.63) is 29.6 Å². The third kappa shape index (κ3) is 3.53. The molecule has 16 heavy (non-hydrogen) atoms. The van der Waals surface area contributed by atoms with Crippen molar-refractivity contribution in [1.29, 1.82) is 0 Å². The number of ether oxygens (including phenoxy) is 2. The van der Waals surface area contributed by atoms with E-state index < -0.39 is 11.8 Å². The molecule has 0 heterocycles. The number of esters is 1. The number of carbonyl (C=O) groups is 1. The van der Waals surface area contributed by atoms with Gasteiger partial charge in [-0.3, -0.25) is 4.79 Å².